The van der Waals surface area contributed by atoms with Gasteiger partial charge in [0.15, 0.2) is 0 Å². The van der Waals surface area contributed by atoms with Crippen molar-refractivity contribution in [1.29, 1.82) is 0 Å². The molecule has 1 aliphatic heterocycles. The normalized spacial score (nSPS) is 21.4. The molecule has 1 aliphatic rings. The predicted molar refractivity (Wildman–Crippen MR) is 69.2 cm³/mol. The first-order valence-corrected chi connectivity index (χ1v) is 9.80. The molecule has 0 aromatic carbocycles. The number of rotatable bonds is 1. The molecule has 1 heterocycles. The molecular weight excluding hydrogens is 259 g/mol. The van der Waals surface area contributed by atoms with E-state index >= 15 is 0 Å². The van der Waals surface area contributed by atoms with Gasteiger partial charge in [0, 0.05) is 0 Å². The average molecular weight is 286 g/mol. The van der Waals surface area contributed by atoms with Crippen LogP contribution in [0.5, 0.6) is 0 Å². The second-order valence-electron chi connectivity index (χ2n) is 4.18. The Hall–Kier alpha value is 0.844. The molecule has 0 radical (unpaired) electrons. The van der Waals surface area contributed by atoms with Crippen molar-refractivity contribution in [2.45, 2.75) is 10.5 Å². The van der Waals surface area contributed by atoms with Crippen LogP contribution in [0, 0.1) is 0 Å². The fourth-order valence-corrected chi connectivity index (χ4v) is 3.46. The van der Waals surface area contributed by atoms with E-state index in [0.717, 1.165) is 39.3 Å². The third-order valence-corrected chi connectivity index (χ3v) is 5.38. The Kier molecular flexibility index (Phi) is 11.5. The van der Waals surface area contributed by atoms with Crippen LogP contribution >= 0.6 is 12.4 Å². The topological polar surface area (TPSA) is 39.3 Å². The van der Waals surface area contributed by atoms with Crippen LogP contribution in [-0.2, 0) is 18.1 Å². The second-order valence-corrected chi connectivity index (χ2v) is 8.13. The average Bonchev–Trinajstić information content (AvgIpc) is 2.18. The van der Waals surface area contributed by atoms with Gasteiger partial charge in [-0.2, -0.15) is 0 Å². The van der Waals surface area contributed by atoms with Crippen molar-refractivity contribution in [1.82, 2.24) is 19.3 Å². The molecule has 0 spiro atoms. The van der Waals surface area contributed by atoms with Crippen molar-refractivity contribution in [2.75, 3.05) is 52.4 Å². The van der Waals surface area contributed by atoms with Crippen molar-refractivity contribution in [3.63, 3.8) is 0 Å². The summed E-state index contributed by atoms with van der Waals surface area (Å²) in [5.74, 6) is 0. The Bertz CT molecular complexity index is 148. The van der Waals surface area contributed by atoms with Gasteiger partial charge >= 0.3 is 100 Å². The minimum atomic E-state index is -0.878. The molecule has 0 atom stereocenters. The first-order valence-electron chi connectivity index (χ1n) is 5.98. The fraction of sp³-hybridized carbons (Fsp3) is 1.00. The van der Waals surface area contributed by atoms with E-state index in [1.807, 2.05) is 0 Å². The van der Waals surface area contributed by atoms with E-state index in [1.165, 1.54) is 13.1 Å². The first-order chi connectivity index (χ1) is 7.30. The maximum absolute atomic E-state index is 3.49. The molecule has 0 aliphatic carbocycles. The Morgan fingerprint density at radius 1 is 0.750 bits per heavy atom. The Balaban J connectivity index is 0.00000225. The third kappa shape index (κ3) is 8.01. The van der Waals surface area contributed by atoms with Gasteiger partial charge in [-0.25, -0.2) is 0 Å². The van der Waals surface area contributed by atoms with Gasteiger partial charge < -0.3 is 0 Å². The predicted octanol–water partition coefficient (Wildman–Crippen LogP) is 0.122. The quantitative estimate of drug-likeness (QED) is 0.599. The molecule has 0 amide bonds. The van der Waals surface area contributed by atoms with Crippen molar-refractivity contribution in [3.05, 3.63) is 0 Å². The minimum absolute atomic E-state index is 0. The van der Waals surface area contributed by atoms with Gasteiger partial charge in [-0.3, -0.25) is 0 Å². The van der Waals surface area contributed by atoms with Crippen LogP contribution in [0.1, 0.15) is 0 Å². The summed E-state index contributed by atoms with van der Waals surface area (Å²) in [6.45, 7) is 9.09. The summed E-state index contributed by atoms with van der Waals surface area (Å²) in [7, 11) is 0. The van der Waals surface area contributed by atoms with E-state index < -0.39 is 18.1 Å². The SMILES string of the molecule is Cl.[CH3][Ti]([CH3])[N]1CCNCCNCCNCC1. The van der Waals surface area contributed by atoms with Crippen molar-refractivity contribution >= 4 is 12.4 Å². The standard InChI is InChI=1S/C8H19N4.2CH3.ClH.Ti/c1-2-10-5-6-12-8-7-11-4-3-9-1;;;;/h9-11H,1-8H2;2*1H3;1H;/q-1;;;;+1. The first kappa shape index (κ1) is 16.8. The van der Waals surface area contributed by atoms with Crippen LogP contribution < -0.4 is 16.0 Å². The molecule has 16 heavy (non-hydrogen) atoms. The number of hydrogen-bond donors (Lipinski definition) is 3. The van der Waals surface area contributed by atoms with Crippen LogP contribution in [0.25, 0.3) is 0 Å². The number of hydrogen-bond acceptors (Lipinski definition) is 4. The van der Waals surface area contributed by atoms with Crippen LogP contribution in [0.2, 0.25) is 10.5 Å². The second kappa shape index (κ2) is 11.0. The molecule has 0 aromatic rings. The zero-order chi connectivity index (χ0) is 10.9. The molecule has 1 saturated heterocycles. The van der Waals surface area contributed by atoms with E-state index in [0.29, 0.717) is 0 Å². The van der Waals surface area contributed by atoms with Crippen molar-refractivity contribution in [3.8, 4) is 0 Å². The molecule has 0 unspecified atom stereocenters. The zero-order valence-corrected chi connectivity index (χ0v) is 12.9. The van der Waals surface area contributed by atoms with Crippen LogP contribution in [0.3, 0.4) is 0 Å². The maximum atomic E-state index is 3.49. The summed E-state index contributed by atoms with van der Waals surface area (Å²) in [5, 5.41) is 15.3. The summed E-state index contributed by atoms with van der Waals surface area (Å²) < 4.78 is 2.69. The van der Waals surface area contributed by atoms with E-state index in [-0.39, 0.29) is 12.4 Å². The van der Waals surface area contributed by atoms with Gasteiger partial charge in [-0.1, -0.05) is 0 Å². The monoisotopic (exact) mass is 285 g/mol. The van der Waals surface area contributed by atoms with Gasteiger partial charge in [0.25, 0.3) is 0 Å². The van der Waals surface area contributed by atoms with Crippen LogP contribution in [0.15, 0.2) is 0 Å². The van der Waals surface area contributed by atoms with Gasteiger partial charge in [0.2, 0.25) is 0 Å². The molecule has 0 saturated carbocycles. The van der Waals surface area contributed by atoms with Gasteiger partial charge in [-0.05, 0) is 0 Å². The van der Waals surface area contributed by atoms with Gasteiger partial charge in [0.1, 0.15) is 0 Å². The Morgan fingerprint density at radius 3 is 1.50 bits per heavy atom. The van der Waals surface area contributed by atoms with E-state index in [2.05, 4.69) is 29.8 Å². The summed E-state index contributed by atoms with van der Waals surface area (Å²) >= 11 is -0.878. The number of nitrogens with one attached hydrogen (secondary N) is 3. The number of nitrogens with zero attached hydrogens (tertiary/aromatic N) is 1. The van der Waals surface area contributed by atoms with Gasteiger partial charge in [-0.15, -0.1) is 12.4 Å². The molecule has 0 bridgehead atoms. The molecule has 3 N–H and O–H groups in total. The molecule has 97 valence electrons. The molecule has 6 heteroatoms. The van der Waals surface area contributed by atoms with Crippen molar-refractivity contribution < 1.29 is 18.1 Å². The molecular formula is C10H26ClN4Ti. The molecule has 4 nitrogen and oxygen atoms in total. The summed E-state index contributed by atoms with van der Waals surface area (Å²) in [5.41, 5.74) is 0. The molecule has 0 aromatic heterocycles. The summed E-state index contributed by atoms with van der Waals surface area (Å²) in [4.78, 5) is 0. The summed E-state index contributed by atoms with van der Waals surface area (Å²) in [6, 6.07) is 0. The molecule has 1 rings (SSSR count). The van der Waals surface area contributed by atoms with Crippen LogP contribution in [0.4, 0.5) is 0 Å². The van der Waals surface area contributed by atoms with E-state index in [9.17, 15) is 0 Å². The van der Waals surface area contributed by atoms with Crippen molar-refractivity contribution in [2.24, 2.45) is 0 Å². The third-order valence-electron chi connectivity index (χ3n) is 2.71. The summed E-state index contributed by atoms with van der Waals surface area (Å²) in [6.07, 6.45) is 0. The zero-order valence-electron chi connectivity index (χ0n) is 10.5. The fourth-order valence-electron chi connectivity index (χ4n) is 1.72. The van der Waals surface area contributed by atoms with Gasteiger partial charge in [0.05, 0.1) is 0 Å². The molecule has 1 fully saturated rings. The van der Waals surface area contributed by atoms with E-state index in [1.54, 1.807) is 0 Å². The Labute approximate surface area is 112 Å². The Morgan fingerprint density at radius 2 is 1.12 bits per heavy atom. The number of halogens is 1. The van der Waals surface area contributed by atoms with Crippen LogP contribution in [-0.4, -0.2) is 55.7 Å². The van der Waals surface area contributed by atoms with E-state index in [4.69, 9.17) is 0 Å².